The van der Waals surface area contributed by atoms with Crippen LogP contribution in [-0.2, 0) is 28.6 Å². The number of ether oxygens (including phenoxy) is 3. The van der Waals surface area contributed by atoms with Crippen molar-refractivity contribution in [3.63, 3.8) is 0 Å². The summed E-state index contributed by atoms with van der Waals surface area (Å²) in [7, 11) is 5.46. The molecular formula is C34H63NO6. The number of unbranched alkanes of at least 4 members (excludes halogenated alkanes) is 13. The molecule has 0 fully saturated rings. The molecule has 0 aromatic rings. The molecule has 41 heavy (non-hydrogen) atoms. The monoisotopic (exact) mass is 581 g/mol. The van der Waals surface area contributed by atoms with Crippen LogP contribution in [0.5, 0.6) is 0 Å². The van der Waals surface area contributed by atoms with Gasteiger partial charge in [0.25, 0.3) is 0 Å². The van der Waals surface area contributed by atoms with Gasteiger partial charge in [0.05, 0.1) is 7.11 Å². The number of nitrogens with zero attached hydrogens (tertiary/aromatic N) is 1. The highest BCUT2D eigenvalue weighted by Gasteiger charge is 2.14. The molecule has 0 N–H and O–H groups in total. The standard InChI is InChI=1S/C34H63NO6/c1-5-6-7-8-11-17-22-30-40-33(37)27-21-15-10-9-13-18-24-31(41-34(38)28-23-29-35(2)3)25-19-14-12-16-20-26-32(36)39-4/h17,22,31H,5-16,18-21,23-30H2,1-4H3/b22-17-. The van der Waals surface area contributed by atoms with Crippen molar-refractivity contribution in [1.82, 2.24) is 4.90 Å². The van der Waals surface area contributed by atoms with E-state index in [9.17, 15) is 14.4 Å². The molecule has 0 aliphatic heterocycles. The molecule has 0 bridgehead atoms. The van der Waals surface area contributed by atoms with Gasteiger partial charge in [0, 0.05) is 19.3 Å². The van der Waals surface area contributed by atoms with Crippen molar-refractivity contribution in [3.05, 3.63) is 12.2 Å². The lowest BCUT2D eigenvalue weighted by Gasteiger charge is -2.18. The van der Waals surface area contributed by atoms with Crippen molar-refractivity contribution in [2.24, 2.45) is 0 Å². The highest BCUT2D eigenvalue weighted by Crippen LogP contribution is 2.18. The number of rotatable bonds is 29. The van der Waals surface area contributed by atoms with Gasteiger partial charge in [-0.2, -0.15) is 0 Å². The zero-order valence-corrected chi connectivity index (χ0v) is 27.1. The second kappa shape index (κ2) is 29.6. The van der Waals surface area contributed by atoms with Crippen LogP contribution in [0.1, 0.15) is 148 Å². The summed E-state index contributed by atoms with van der Waals surface area (Å²) >= 11 is 0. The van der Waals surface area contributed by atoms with Crippen molar-refractivity contribution in [2.75, 3.05) is 34.4 Å². The Morgan fingerprint density at radius 3 is 1.76 bits per heavy atom. The first-order valence-electron chi connectivity index (χ1n) is 16.6. The summed E-state index contributed by atoms with van der Waals surface area (Å²) in [4.78, 5) is 37.6. The third kappa shape index (κ3) is 29.4. The van der Waals surface area contributed by atoms with Gasteiger partial charge in [0.15, 0.2) is 0 Å². The summed E-state index contributed by atoms with van der Waals surface area (Å²) in [6.07, 6.45) is 25.8. The van der Waals surface area contributed by atoms with Gasteiger partial charge in [-0.1, -0.05) is 83.3 Å². The summed E-state index contributed by atoms with van der Waals surface area (Å²) in [5.41, 5.74) is 0. The Morgan fingerprint density at radius 2 is 1.17 bits per heavy atom. The highest BCUT2D eigenvalue weighted by molar-refractivity contribution is 5.70. The van der Waals surface area contributed by atoms with Crippen molar-refractivity contribution < 1.29 is 28.6 Å². The number of carbonyl (C=O) groups excluding carboxylic acids is 3. The predicted molar refractivity (Wildman–Crippen MR) is 168 cm³/mol. The lowest BCUT2D eigenvalue weighted by atomic mass is 10.0. The smallest absolute Gasteiger partial charge is 0.306 e. The Kier molecular flexibility index (Phi) is 28.2. The summed E-state index contributed by atoms with van der Waals surface area (Å²) < 4.78 is 15.9. The zero-order chi connectivity index (χ0) is 30.4. The first-order chi connectivity index (χ1) is 19.9. The van der Waals surface area contributed by atoms with Gasteiger partial charge in [0.1, 0.15) is 12.7 Å². The molecule has 240 valence electrons. The van der Waals surface area contributed by atoms with Gasteiger partial charge in [-0.05, 0) is 78.4 Å². The number of esters is 3. The summed E-state index contributed by atoms with van der Waals surface area (Å²) in [6, 6.07) is 0. The number of hydrogen-bond donors (Lipinski definition) is 0. The Labute approximate surface area is 252 Å². The predicted octanol–water partition coefficient (Wildman–Crippen LogP) is 8.33. The molecule has 0 aromatic carbocycles. The molecule has 0 heterocycles. The van der Waals surface area contributed by atoms with E-state index in [-0.39, 0.29) is 24.0 Å². The maximum absolute atomic E-state index is 12.4. The van der Waals surface area contributed by atoms with Crippen LogP contribution in [0.25, 0.3) is 0 Å². The van der Waals surface area contributed by atoms with Crippen LogP contribution in [0.4, 0.5) is 0 Å². The quantitative estimate of drug-likeness (QED) is 0.0380. The fraction of sp³-hybridized carbons (Fsp3) is 0.853. The lowest BCUT2D eigenvalue weighted by molar-refractivity contribution is -0.150. The summed E-state index contributed by atoms with van der Waals surface area (Å²) in [5.74, 6) is -0.316. The third-order valence-electron chi connectivity index (χ3n) is 7.31. The van der Waals surface area contributed by atoms with Gasteiger partial charge in [0.2, 0.25) is 0 Å². The van der Waals surface area contributed by atoms with Crippen LogP contribution >= 0.6 is 0 Å². The fourth-order valence-corrected chi connectivity index (χ4v) is 4.76. The minimum atomic E-state index is -0.138. The van der Waals surface area contributed by atoms with Crippen molar-refractivity contribution in [3.8, 4) is 0 Å². The molecule has 0 aliphatic rings. The molecule has 0 spiro atoms. The van der Waals surface area contributed by atoms with Crippen LogP contribution in [-0.4, -0.2) is 63.3 Å². The third-order valence-corrected chi connectivity index (χ3v) is 7.31. The summed E-state index contributed by atoms with van der Waals surface area (Å²) in [5, 5.41) is 0. The SMILES string of the molecule is CCCCCC/C=C\COC(=O)CCCCCCCCC(CCCCCCCC(=O)OC)OC(=O)CCCN(C)C. The molecule has 0 saturated heterocycles. The van der Waals surface area contributed by atoms with Gasteiger partial charge in [-0.15, -0.1) is 0 Å². The summed E-state index contributed by atoms with van der Waals surface area (Å²) in [6.45, 7) is 3.49. The second-order valence-electron chi connectivity index (χ2n) is 11.6. The van der Waals surface area contributed by atoms with E-state index in [1.54, 1.807) is 0 Å². The molecule has 0 radical (unpaired) electrons. The number of carbonyl (C=O) groups is 3. The molecule has 7 nitrogen and oxygen atoms in total. The van der Waals surface area contributed by atoms with E-state index < -0.39 is 0 Å². The van der Waals surface area contributed by atoms with E-state index in [1.165, 1.54) is 32.8 Å². The average molecular weight is 582 g/mol. The number of hydrogen-bond acceptors (Lipinski definition) is 7. The van der Waals surface area contributed by atoms with Crippen LogP contribution in [0, 0.1) is 0 Å². The lowest BCUT2D eigenvalue weighted by Crippen LogP contribution is -2.20. The second-order valence-corrected chi connectivity index (χ2v) is 11.6. The topological polar surface area (TPSA) is 82.1 Å². The highest BCUT2D eigenvalue weighted by atomic mass is 16.5. The maximum Gasteiger partial charge on any atom is 0.306 e. The Hall–Kier alpha value is -1.89. The molecule has 7 heteroatoms. The molecule has 0 aliphatic carbocycles. The number of allylic oxidation sites excluding steroid dienone is 1. The van der Waals surface area contributed by atoms with Crippen LogP contribution in [0.2, 0.25) is 0 Å². The Morgan fingerprint density at radius 1 is 0.634 bits per heavy atom. The number of methoxy groups -OCH3 is 1. The van der Waals surface area contributed by atoms with Gasteiger partial charge < -0.3 is 19.1 Å². The minimum Gasteiger partial charge on any atom is -0.469 e. The van der Waals surface area contributed by atoms with Crippen molar-refractivity contribution in [2.45, 2.75) is 154 Å². The van der Waals surface area contributed by atoms with Gasteiger partial charge >= 0.3 is 17.9 Å². The first kappa shape index (κ1) is 39.1. The van der Waals surface area contributed by atoms with Crippen molar-refractivity contribution >= 4 is 17.9 Å². The Bertz CT molecular complexity index is 664. The molecular weight excluding hydrogens is 518 g/mol. The van der Waals surface area contributed by atoms with Crippen LogP contribution in [0.15, 0.2) is 12.2 Å². The van der Waals surface area contributed by atoms with Gasteiger partial charge in [-0.25, -0.2) is 0 Å². The van der Waals surface area contributed by atoms with E-state index in [0.29, 0.717) is 25.9 Å². The maximum atomic E-state index is 12.4. The molecule has 0 amide bonds. The van der Waals surface area contributed by atoms with E-state index >= 15 is 0 Å². The largest absolute Gasteiger partial charge is 0.469 e. The van der Waals surface area contributed by atoms with Crippen LogP contribution < -0.4 is 0 Å². The molecule has 1 atom stereocenters. The Balaban J connectivity index is 4.02. The van der Waals surface area contributed by atoms with E-state index in [2.05, 4.69) is 17.9 Å². The normalized spacial score (nSPS) is 12.1. The minimum absolute atomic E-state index is 0.00270. The molecule has 0 aromatic heterocycles. The molecule has 0 saturated carbocycles. The van der Waals surface area contributed by atoms with Gasteiger partial charge in [-0.3, -0.25) is 14.4 Å². The zero-order valence-electron chi connectivity index (χ0n) is 27.1. The van der Waals surface area contributed by atoms with E-state index in [4.69, 9.17) is 14.2 Å². The van der Waals surface area contributed by atoms with Crippen molar-refractivity contribution in [1.29, 1.82) is 0 Å². The fourth-order valence-electron chi connectivity index (χ4n) is 4.76. The molecule has 0 rings (SSSR count). The molecule has 1 unspecified atom stereocenters. The van der Waals surface area contributed by atoms with E-state index in [1.807, 2.05) is 20.2 Å². The first-order valence-corrected chi connectivity index (χ1v) is 16.6. The van der Waals surface area contributed by atoms with Crippen LogP contribution in [0.3, 0.4) is 0 Å². The van der Waals surface area contributed by atoms with E-state index in [0.717, 1.165) is 103 Å². The average Bonchev–Trinajstić information content (AvgIpc) is 2.94.